The maximum absolute atomic E-state index is 4.45. The molecule has 84 valence electrons. The van der Waals surface area contributed by atoms with Crippen molar-refractivity contribution in [3.8, 4) is 0 Å². The topological polar surface area (TPSA) is 37.8 Å². The van der Waals surface area contributed by atoms with Crippen LogP contribution in [0.5, 0.6) is 0 Å². The number of anilines is 2. The number of fused-ring (bicyclic) bond motifs is 1. The van der Waals surface area contributed by atoms with Crippen molar-refractivity contribution >= 4 is 23.5 Å². The summed E-state index contributed by atoms with van der Waals surface area (Å²) in [5.41, 5.74) is 1.98. The molecule has 3 nitrogen and oxygen atoms in total. The Morgan fingerprint density at radius 3 is 2.88 bits per heavy atom. The van der Waals surface area contributed by atoms with Crippen molar-refractivity contribution in [1.29, 1.82) is 0 Å². The van der Waals surface area contributed by atoms with Gasteiger partial charge >= 0.3 is 0 Å². The van der Waals surface area contributed by atoms with Crippen molar-refractivity contribution in [3.63, 3.8) is 0 Å². The van der Waals surface area contributed by atoms with Gasteiger partial charge in [0, 0.05) is 6.20 Å². The molecule has 1 N–H and O–H groups in total. The van der Waals surface area contributed by atoms with Crippen molar-refractivity contribution in [3.05, 3.63) is 47.4 Å². The monoisotopic (exact) mass is 223 g/mol. The van der Waals surface area contributed by atoms with Gasteiger partial charge in [-0.2, -0.15) is 0 Å². The van der Waals surface area contributed by atoms with Gasteiger partial charge in [0.1, 0.15) is 0 Å². The van der Waals surface area contributed by atoms with Crippen molar-refractivity contribution in [1.82, 2.24) is 9.97 Å². The lowest BCUT2D eigenvalue weighted by molar-refractivity contribution is 1.08. The van der Waals surface area contributed by atoms with Crippen molar-refractivity contribution < 1.29 is 0 Å². The van der Waals surface area contributed by atoms with Gasteiger partial charge in [0.25, 0.3) is 0 Å². The van der Waals surface area contributed by atoms with Gasteiger partial charge in [0.15, 0.2) is 0 Å². The normalized spacial score (nSPS) is 13.2. The molecule has 0 bridgehead atoms. The lowest BCUT2D eigenvalue weighted by atomic mass is 10.1. The number of rotatable bonds is 2. The standard InChI is InChI=1S/C14H13N3/c1-2-6-14-11(4-1)8-13(10-16-14)17-12-5-3-7-15-9-12/h3-10,17H,1-2H2. The molecule has 0 aromatic carbocycles. The van der Waals surface area contributed by atoms with E-state index in [-0.39, 0.29) is 0 Å². The minimum absolute atomic E-state index is 0.981. The molecule has 3 rings (SSSR count). The highest BCUT2D eigenvalue weighted by molar-refractivity contribution is 5.58. The molecule has 2 aromatic heterocycles. The smallest absolute Gasteiger partial charge is 0.0660 e. The summed E-state index contributed by atoms with van der Waals surface area (Å²) in [6.45, 7) is 0. The summed E-state index contributed by atoms with van der Waals surface area (Å²) >= 11 is 0. The summed E-state index contributed by atoms with van der Waals surface area (Å²) in [7, 11) is 0. The van der Waals surface area contributed by atoms with Crippen LogP contribution in [0.4, 0.5) is 11.4 Å². The second kappa shape index (κ2) is 4.37. The molecule has 1 aliphatic carbocycles. The van der Waals surface area contributed by atoms with E-state index in [1.54, 1.807) is 12.4 Å². The molecule has 0 aliphatic heterocycles. The number of nitrogens with zero attached hydrogens (tertiary/aromatic N) is 2. The maximum atomic E-state index is 4.45. The predicted octanol–water partition coefficient (Wildman–Crippen LogP) is 1.57. The summed E-state index contributed by atoms with van der Waals surface area (Å²) in [5, 5.41) is 5.60. The van der Waals surface area contributed by atoms with Crippen LogP contribution in [0.1, 0.15) is 12.8 Å². The van der Waals surface area contributed by atoms with E-state index in [9.17, 15) is 0 Å². The third-order valence-corrected chi connectivity index (χ3v) is 2.77. The van der Waals surface area contributed by atoms with Gasteiger partial charge < -0.3 is 5.32 Å². The molecule has 0 radical (unpaired) electrons. The van der Waals surface area contributed by atoms with Crippen molar-refractivity contribution in [2.45, 2.75) is 12.8 Å². The van der Waals surface area contributed by atoms with Gasteiger partial charge in [0.2, 0.25) is 0 Å². The van der Waals surface area contributed by atoms with Gasteiger partial charge in [-0.15, -0.1) is 0 Å². The van der Waals surface area contributed by atoms with Gasteiger partial charge in [-0.25, -0.2) is 0 Å². The lowest BCUT2D eigenvalue weighted by Gasteiger charge is -2.06. The van der Waals surface area contributed by atoms with Crippen LogP contribution in [0.3, 0.4) is 0 Å². The average molecular weight is 223 g/mol. The number of pyridine rings is 2. The molecule has 1 aliphatic rings. The molecule has 3 heteroatoms. The SMILES string of the molecule is C1=c2cc(Nc3cccnc3)cnc2=CCC1. The zero-order chi connectivity index (χ0) is 11.5. The molecule has 0 atom stereocenters. The third kappa shape index (κ3) is 2.18. The van der Waals surface area contributed by atoms with Crippen LogP contribution < -0.4 is 15.9 Å². The van der Waals surface area contributed by atoms with Gasteiger partial charge in [-0.05, 0) is 36.3 Å². The number of hydrogen-bond acceptors (Lipinski definition) is 3. The van der Waals surface area contributed by atoms with Crippen LogP contribution in [0.15, 0.2) is 36.8 Å². The second-order valence-corrected chi connectivity index (χ2v) is 4.05. The summed E-state index contributed by atoms with van der Waals surface area (Å²) in [6.07, 6.45) is 12.0. The van der Waals surface area contributed by atoms with E-state index in [4.69, 9.17) is 0 Å². The van der Waals surface area contributed by atoms with E-state index in [1.165, 1.54) is 5.22 Å². The first-order chi connectivity index (χ1) is 8.42. The van der Waals surface area contributed by atoms with E-state index in [1.807, 2.05) is 18.3 Å². The molecule has 2 aromatic rings. The Morgan fingerprint density at radius 1 is 1.06 bits per heavy atom. The van der Waals surface area contributed by atoms with Crippen molar-refractivity contribution in [2.75, 3.05) is 5.32 Å². The lowest BCUT2D eigenvalue weighted by Crippen LogP contribution is -2.29. The third-order valence-electron chi connectivity index (χ3n) is 2.77. The summed E-state index contributed by atoms with van der Waals surface area (Å²) in [4.78, 5) is 8.52. The van der Waals surface area contributed by atoms with Gasteiger partial charge in [-0.3, -0.25) is 9.97 Å². The highest BCUT2D eigenvalue weighted by Gasteiger charge is 1.98. The molecule has 0 spiro atoms. The fraction of sp³-hybridized carbons (Fsp3) is 0.143. The molecule has 0 unspecified atom stereocenters. The fourth-order valence-electron chi connectivity index (χ4n) is 1.96. The van der Waals surface area contributed by atoms with Gasteiger partial charge in [-0.1, -0.05) is 12.2 Å². The average Bonchev–Trinajstić information content (AvgIpc) is 2.40. The maximum Gasteiger partial charge on any atom is 0.0660 e. The minimum Gasteiger partial charge on any atom is -0.353 e. The van der Waals surface area contributed by atoms with E-state index in [0.29, 0.717) is 0 Å². The highest BCUT2D eigenvalue weighted by Crippen LogP contribution is 2.11. The predicted molar refractivity (Wildman–Crippen MR) is 69.2 cm³/mol. The number of hydrogen-bond donors (Lipinski definition) is 1. The van der Waals surface area contributed by atoms with Crippen molar-refractivity contribution in [2.24, 2.45) is 0 Å². The fourth-order valence-corrected chi connectivity index (χ4v) is 1.96. The first-order valence-corrected chi connectivity index (χ1v) is 5.75. The molecule has 17 heavy (non-hydrogen) atoms. The largest absolute Gasteiger partial charge is 0.353 e. The Labute approximate surface area is 99.6 Å². The number of aromatic nitrogens is 2. The van der Waals surface area contributed by atoms with Crippen LogP contribution >= 0.6 is 0 Å². The first-order valence-electron chi connectivity index (χ1n) is 5.75. The van der Waals surface area contributed by atoms with Crippen LogP contribution in [-0.2, 0) is 0 Å². The highest BCUT2D eigenvalue weighted by atomic mass is 14.9. The second-order valence-electron chi connectivity index (χ2n) is 4.05. The van der Waals surface area contributed by atoms with Crippen LogP contribution in [0, 0.1) is 0 Å². The summed E-state index contributed by atoms with van der Waals surface area (Å²) in [5.74, 6) is 0. The zero-order valence-corrected chi connectivity index (χ0v) is 9.43. The molecule has 0 fully saturated rings. The molecule has 0 saturated heterocycles. The summed E-state index contributed by atoms with van der Waals surface area (Å²) in [6, 6.07) is 6.03. The quantitative estimate of drug-likeness (QED) is 0.840. The van der Waals surface area contributed by atoms with E-state index >= 15 is 0 Å². The first kappa shape index (κ1) is 10.0. The van der Waals surface area contributed by atoms with E-state index in [2.05, 4.69) is 33.5 Å². The summed E-state index contributed by atoms with van der Waals surface area (Å²) < 4.78 is 0. The zero-order valence-electron chi connectivity index (χ0n) is 9.43. The van der Waals surface area contributed by atoms with Crippen LogP contribution in [0.2, 0.25) is 0 Å². The molecular formula is C14H13N3. The minimum atomic E-state index is 0.981. The Hall–Kier alpha value is -2.16. The Balaban J connectivity index is 1.96. The Morgan fingerprint density at radius 2 is 2.00 bits per heavy atom. The molecule has 0 amide bonds. The Bertz CT molecular complexity index is 632. The van der Waals surface area contributed by atoms with Crippen LogP contribution in [0.25, 0.3) is 12.2 Å². The molecular weight excluding hydrogens is 210 g/mol. The van der Waals surface area contributed by atoms with Gasteiger partial charge in [0.05, 0.1) is 29.1 Å². The molecule has 0 saturated carbocycles. The van der Waals surface area contributed by atoms with E-state index < -0.39 is 0 Å². The van der Waals surface area contributed by atoms with Crippen LogP contribution in [-0.4, -0.2) is 9.97 Å². The van der Waals surface area contributed by atoms with E-state index in [0.717, 1.165) is 29.6 Å². The Kier molecular flexibility index (Phi) is 2.58. The number of nitrogens with one attached hydrogen (secondary N) is 1. The molecule has 2 heterocycles.